The molecule has 1 aromatic carbocycles. The van der Waals surface area contributed by atoms with Crippen molar-refractivity contribution in [3.05, 3.63) is 29.3 Å². The Morgan fingerprint density at radius 1 is 1.33 bits per heavy atom. The molecule has 0 fully saturated rings. The van der Waals surface area contributed by atoms with Crippen molar-refractivity contribution in [2.45, 2.75) is 19.8 Å². The first kappa shape index (κ1) is 8.97. The van der Waals surface area contributed by atoms with Gasteiger partial charge in [-0.3, -0.25) is 0 Å². The molecule has 0 unspecified atom stereocenters. The third-order valence-electron chi connectivity index (χ3n) is 1.80. The van der Waals surface area contributed by atoms with E-state index in [9.17, 15) is 8.78 Å². The average molecular weight is 171 g/mol. The number of anilines is 1. The van der Waals surface area contributed by atoms with Gasteiger partial charge in [-0.05, 0) is 12.5 Å². The molecule has 1 nitrogen and oxygen atoms in total. The third-order valence-corrected chi connectivity index (χ3v) is 1.80. The van der Waals surface area contributed by atoms with Gasteiger partial charge in [0.05, 0.1) is 0 Å². The van der Waals surface area contributed by atoms with Crippen molar-refractivity contribution in [3.63, 3.8) is 0 Å². The predicted octanol–water partition coefficient (Wildman–Crippen LogP) is 2.69. The van der Waals surface area contributed by atoms with Gasteiger partial charge in [-0.2, -0.15) is 0 Å². The topological polar surface area (TPSA) is 26.0 Å². The first-order chi connectivity index (χ1) is 5.43. The molecule has 12 heavy (non-hydrogen) atoms. The van der Waals surface area contributed by atoms with E-state index in [0.717, 1.165) is 6.92 Å². The molecule has 1 rings (SSSR count). The van der Waals surface area contributed by atoms with Gasteiger partial charge in [-0.25, -0.2) is 8.78 Å². The van der Waals surface area contributed by atoms with Gasteiger partial charge in [-0.15, -0.1) is 0 Å². The van der Waals surface area contributed by atoms with Gasteiger partial charge in [-0.1, -0.05) is 18.2 Å². The number of para-hydroxylation sites is 1. The van der Waals surface area contributed by atoms with Gasteiger partial charge in [0, 0.05) is 18.2 Å². The summed E-state index contributed by atoms with van der Waals surface area (Å²) >= 11 is 0. The van der Waals surface area contributed by atoms with Crippen molar-refractivity contribution in [1.82, 2.24) is 0 Å². The predicted molar refractivity (Wildman–Crippen MR) is 45.2 cm³/mol. The highest BCUT2D eigenvalue weighted by Crippen LogP contribution is 2.32. The zero-order valence-electron chi connectivity index (χ0n) is 7.07. The number of alkyl halides is 2. The zero-order chi connectivity index (χ0) is 9.35. The number of nitrogens with two attached hydrogens (primary N) is 1. The Morgan fingerprint density at radius 2 is 1.92 bits per heavy atom. The molecule has 1 aromatic rings. The second-order valence-electron chi connectivity index (χ2n) is 2.92. The maximum Gasteiger partial charge on any atom is 0.272 e. The Bertz CT molecular complexity index is 289. The molecule has 0 heterocycles. The van der Waals surface area contributed by atoms with Crippen LogP contribution in [0.3, 0.4) is 0 Å². The molecule has 0 saturated heterocycles. The van der Waals surface area contributed by atoms with E-state index in [0.29, 0.717) is 5.56 Å². The van der Waals surface area contributed by atoms with E-state index in [4.69, 9.17) is 5.73 Å². The van der Waals surface area contributed by atoms with Gasteiger partial charge in [0.25, 0.3) is 5.92 Å². The van der Waals surface area contributed by atoms with Crippen LogP contribution < -0.4 is 5.73 Å². The Balaban J connectivity index is 3.26. The van der Waals surface area contributed by atoms with E-state index in [1.807, 2.05) is 0 Å². The van der Waals surface area contributed by atoms with Crippen molar-refractivity contribution in [2.75, 3.05) is 5.73 Å². The van der Waals surface area contributed by atoms with E-state index < -0.39 is 5.92 Å². The van der Waals surface area contributed by atoms with E-state index in [1.165, 1.54) is 6.07 Å². The maximum atomic E-state index is 12.8. The Morgan fingerprint density at radius 3 is 2.33 bits per heavy atom. The van der Waals surface area contributed by atoms with Crippen LogP contribution in [0.2, 0.25) is 0 Å². The fourth-order valence-electron chi connectivity index (χ4n) is 1.06. The van der Waals surface area contributed by atoms with Gasteiger partial charge in [0.2, 0.25) is 0 Å². The van der Waals surface area contributed by atoms with Crippen LogP contribution in [0.15, 0.2) is 18.2 Å². The van der Waals surface area contributed by atoms with Crippen molar-refractivity contribution in [3.8, 4) is 0 Å². The summed E-state index contributed by atoms with van der Waals surface area (Å²) < 4.78 is 25.6. The molecule has 0 aliphatic carbocycles. The van der Waals surface area contributed by atoms with E-state index in [2.05, 4.69) is 0 Å². The molecule has 2 N–H and O–H groups in total. The lowest BCUT2D eigenvalue weighted by molar-refractivity contribution is 0.0182. The Labute approximate surface area is 70.2 Å². The standard InChI is InChI=1S/C9H11F2N/c1-6-4-3-5-7(8(6)12)9(2,10)11/h3-5H,12H2,1-2H3. The summed E-state index contributed by atoms with van der Waals surface area (Å²) in [6.07, 6.45) is 0. The molecule has 0 bridgehead atoms. The quantitative estimate of drug-likeness (QED) is 0.646. The first-order valence-corrected chi connectivity index (χ1v) is 3.66. The number of aryl methyl sites for hydroxylation is 1. The number of hydrogen-bond acceptors (Lipinski definition) is 1. The van der Waals surface area contributed by atoms with Crippen LogP contribution >= 0.6 is 0 Å². The van der Waals surface area contributed by atoms with Crippen molar-refractivity contribution in [1.29, 1.82) is 0 Å². The molecule has 0 aliphatic heterocycles. The second-order valence-corrected chi connectivity index (χ2v) is 2.92. The Kier molecular flexibility index (Phi) is 2.04. The SMILES string of the molecule is Cc1cccc(C(C)(F)F)c1N. The maximum absolute atomic E-state index is 12.8. The minimum absolute atomic E-state index is 0.0949. The fraction of sp³-hybridized carbons (Fsp3) is 0.333. The highest BCUT2D eigenvalue weighted by atomic mass is 19.3. The number of benzene rings is 1. The summed E-state index contributed by atoms with van der Waals surface area (Å²) in [6, 6.07) is 4.64. The van der Waals surface area contributed by atoms with Crippen molar-refractivity contribution >= 4 is 5.69 Å². The molecule has 0 atom stereocenters. The van der Waals surface area contributed by atoms with Crippen LogP contribution in [-0.4, -0.2) is 0 Å². The smallest absolute Gasteiger partial charge is 0.272 e. The number of halogens is 2. The minimum atomic E-state index is -2.85. The monoisotopic (exact) mass is 171 g/mol. The van der Waals surface area contributed by atoms with Gasteiger partial charge >= 0.3 is 0 Å². The summed E-state index contributed by atoms with van der Waals surface area (Å²) in [5, 5.41) is 0. The Hall–Kier alpha value is -1.12. The molecule has 0 saturated carbocycles. The van der Waals surface area contributed by atoms with E-state index in [-0.39, 0.29) is 11.3 Å². The molecule has 0 spiro atoms. The highest BCUT2D eigenvalue weighted by molar-refractivity contribution is 5.54. The van der Waals surface area contributed by atoms with Crippen LogP contribution in [0.5, 0.6) is 0 Å². The van der Waals surface area contributed by atoms with Gasteiger partial charge < -0.3 is 5.73 Å². The van der Waals surface area contributed by atoms with Gasteiger partial charge in [0.1, 0.15) is 0 Å². The van der Waals surface area contributed by atoms with Crippen molar-refractivity contribution < 1.29 is 8.78 Å². The summed E-state index contributed by atoms with van der Waals surface area (Å²) in [4.78, 5) is 0. The molecule has 0 radical (unpaired) electrons. The molecule has 3 heteroatoms. The minimum Gasteiger partial charge on any atom is -0.398 e. The number of nitrogen functional groups attached to an aromatic ring is 1. The summed E-state index contributed by atoms with van der Waals surface area (Å²) in [6.45, 7) is 2.56. The lowest BCUT2D eigenvalue weighted by Crippen LogP contribution is -2.11. The number of hydrogen-bond donors (Lipinski definition) is 1. The number of rotatable bonds is 1. The zero-order valence-corrected chi connectivity index (χ0v) is 7.07. The summed E-state index contributed by atoms with van der Waals surface area (Å²) in [7, 11) is 0. The molecule has 0 amide bonds. The highest BCUT2D eigenvalue weighted by Gasteiger charge is 2.26. The normalized spacial score (nSPS) is 11.7. The summed E-state index contributed by atoms with van der Waals surface area (Å²) in [5.41, 5.74) is 6.27. The molecular weight excluding hydrogens is 160 g/mol. The summed E-state index contributed by atoms with van der Waals surface area (Å²) in [5.74, 6) is -2.85. The lowest BCUT2D eigenvalue weighted by Gasteiger charge is -2.14. The van der Waals surface area contributed by atoms with E-state index >= 15 is 0 Å². The lowest BCUT2D eigenvalue weighted by atomic mass is 10.0. The first-order valence-electron chi connectivity index (χ1n) is 3.66. The average Bonchev–Trinajstić information content (AvgIpc) is 1.92. The molecular formula is C9H11F2N. The van der Waals surface area contributed by atoms with Gasteiger partial charge in [0.15, 0.2) is 0 Å². The van der Waals surface area contributed by atoms with Crippen LogP contribution in [0.4, 0.5) is 14.5 Å². The molecule has 66 valence electrons. The van der Waals surface area contributed by atoms with Crippen molar-refractivity contribution in [2.24, 2.45) is 0 Å². The fourth-order valence-corrected chi connectivity index (χ4v) is 1.06. The molecule has 0 aromatic heterocycles. The van der Waals surface area contributed by atoms with Crippen LogP contribution in [0, 0.1) is 6.92 Å². The van der Waals surface area contributed by atoms with Crippen LogP contribution in [0.1, 0.15) is 18.1 Å². The largest absolute Gasteiger partial charge is 0.398 e. The second kappa shape index (κ2) is 2.73. The van der Waals surface area contributed by atoms with Crippen LogP contribution in [-0.2, 0) is 5.92 Å². The van der Waals surface area contributed by atoms with Crippen LogP contribution in [0.25, 0.3) is 0 Å². The molecule has 0 aliphatic rings. The third kappa shape index (κ3) is 1.55. The van der Waals surface area contributed by atoms with E-state index in [1.54, 1.807) is 19.1 Å².